The summed E-state index contributed by atoms with van der Waals surface area (Å²) >= 11 is 1.74. The van der Waals surface area contributed by atoms with Crippen molar-refractivity contribution in [1.82, 2.24) is 9.88 Å². The minimum atomic E-state index is 0.274. The van der Waals surface area contributed by atoms with Crippen molar-refractivity contribution in [2.24, 2.45) is 5.92 Å². The van der Waals surface area contributed by atoms with Crippen LogP contribution in [0.3, 0.4) is 0 Å². The van der Waals surface area contributed by atoms with Gasteiger partial charge in [0, 0.05) is 19.5 Å². The third-order valence-electron chi connectivity index (χ3n) is 4.43. The maximum Gasteiger partial charge on any atom is 0.222 e. The van der Waals surface area contributed by atoms with E-state index < -0.39 is 0 Å². The molecule has 21 heavy (non-hydrogen) atoms. The molecule has 1 aromatic carbocycles. The third kappa shape index (κ3) is 3.43. The molecule has 1 saturated carbocycles. The highest BCUT2D eigenvalue weighted by Gasteiger charge is 2.32. The first-order chi connectivity index (χ1) is 10.1. The minimum Gasteiger partial charge on any atom is -0.343 e. The number of nitrogens with zero attached hydrogens (tertiary/aromatic N) is 2. The first-order valence-corrected chi connectivity index (χ1v) is 8.57. The van der Waals surface area contributed by atoms with E-state index in [9.17, 15) is 4.79 Å². The monoisotopic (exact) mass is 302 g/mol. The number of para-hydroxylation sites is 1. The first kappa shape index (κ1) is 14.5. The third-order valence-corrected chi connectivity index (χ3v) is 5.52. The highest BCUT2D eigenvalue weighted by molar-refractivity contribution is 7.18. The van der Waals surface area contributed by atoms with E-state index >= 15 is 0 Å². The van der Waals surface area contributed by atoms with Crippen molar-refractivity contribution in [3.05, 3.63) is 29.3 Å². The molecule has 1 aliphatic carbocycles. The SMILES string of the molecule is CC(C1CC1)N(C)C(=O)CCCc1nc2ccccc2s1. The lowest BCUT2D eigenvalue weighted by Crippen LogP contribution is -2.36. The quantitative estimate of drug-likeness (QED) is 0.811. The second-order valence-corrected chi connectivity index (χ2v) is 7.13. The largest absolute Gasteiger partial charge is 0.343 e. The Kier molecular flexibility index (Phi) is 4.24. The fraction of sp³-hybridized carbons (Fsp3) is 0.529. The van der Waals surface area contributed by atoms with E-state index in [2.05, 4.69) is 18.0 Å². The molecule has 0 spiro atoms. The van der Waals surface area contributed by atoms with E-state index in [1.54, 1.807) is 11.3 Å². The van der Waals surface area contributed by atoms with Crippen molar-refractivity contribution >= 4 is 27.5 Å². The van der Waals surface area contributed by atoms with Crippen LogP contribution < -0.4 is 0 Å². The van der Waals surface area contributed by atoms with Crippen LogP contribution in [0.5, 0.6) is 0 Å². The standard InChI is InChI=1S/C17H22N2OS/c1-12(13-10-11-13)19(2)17(20)9-5-8-16-18-14-6-3-4-7-15(14)21-16/h3-4,6-7,12-13H,5,8-11H2,1-2H3. The second-order valence-electron chi connectivity index (χ2n) is 6.01. The van der Waals surface area contributed by atoms with E-state index in [4.69, 9.17) is 0 Å². The summed E-state index contributed by atoms with van der Waals surface area (Å²) in [5.41, 5.74) is 1.07. The van der Waals surface area contributed by atoms with Gasteiger partial charge in [-0.05, 0) is 50.7 Å². The highest BCUT2D eigenvalue weighted by Crippen LogP contribution is 2.34. The number of benzene rings is 1. The summed E-state index contributed by atoms with van der Waals surface area (Å²) in [6.07, 6.45) is 4.98. The summed E-state index contributed by atoms with van der Waals surface area (Å²) in [7, 11) is 1.95. The smallest absolute Gasteiger partial charge is 0.222 e. The topological polar surface area (TPSA) is 33.2 Å². The lowest BCUT2D eigenvalue weighted by molar-refractivity contribution is -0.132. The molecule has 0 radical (unpaired) electrons. The van der Waals surface area contributed by atoms with Gasteiger partial charge in [-0.2, -0.15) is 0 Å². The fourth-order valence-electron chi connectivity index (χ4n) is 2.72. The molecule has 0 N–H and O–H groups in total. The van der Waals surface area contributed by atoms with E-state index in [0.29, 0.717) is 12.5 Å². The van der Waals surface area contributed by atoms with Crippen LogP contribution in [0.25, 0.3) is 10.2 Å². The van der Waals surface area contributed by atoms with Crippen LogP contribution >= 0.6 is 11.3 Å². The lowest BCUT2D eigenvalue weighted by Gasteiger charge is -2.24. The molecule has 2 aromatic rings. The maximum atomic E-state index is 12.2. The van der Waals surface area contributed by atoms with Gasteiger partial charge in [0.05, 0.1) is 15.2 Å². The zero-order valence-electron chi connectivity index (χ0n) is 12.7. The number of amides is 1. The molecule has 1 aromatic heterocycles. The van der Waals surface area contributed by atoms with Gasteiger partial charge in [0.25, 0.3) is 0 Å². The molecule has 1 aliphatic rings. The molecule has 0 bridgehead atoms. The molecule has 1 fully saturated rings. The number of aryl methyl sites for hydroxylation is 1. The molecule has 1 atom stereocenters. The summed E-state index contributed by atoms with van der Waals surface area (Å²) < 4.78 is 1.23. The maximum absolute atomic E-state index is 12.2. The van der Waals surface area contributed by atoms with Crippen LogP contribution in [0, 0.1) is 5.92 Å². The van der Waals surface area contributed by atoms with Crippen LogP contribution in [-0.4, -0.2) is 28.9 Å². The van der Waals surface area contributed by atoms with Gasteiger partial charge in [-0.15, -0.1) is 11.3 Å². The van der Waals surface area contributed by atoms with E-state index in [-0.39, 0.29) is 5.91 Å². The van der Waals surface area contributed by atoms with E-state index in [0.717, 1.165) is 29.3 Å². The number of carbonyl (C=O) groups excluding carboxylic acids is 1. The van der Waals surface area contributed by atoms with Gasteiger partial charge < -0.3 is 4.90 Å². The lowest BCUT2D eigenvalue weighted by atomic mass is 10.1. The molecule has 1 amide bonds. The minimum absolute atomic E-state index is 0.274. The molecule has 3 nitrogen and oxygen atoms in total. The average molecular weight is 302 g/mol. The number of hydrogen-bond acceptors (Lipinski definition) is 3. The number of rotatable bonds is 6. The molecule has 0 aliphatic heterocycles. The zero-order chi connectivity index (χ0) is 14.8. The summed E-state index contributed by atoms with van der Waals surface area (Å²) in [5.74, 6) is 1.01. The Morgan fingerprint density at radius 1 is 1.43 bits per heavy atom. The molecule has 112 valence electrons. The molecule has 3 rings (SSSR count). The Morgan fingerprint density at radius 3 is 2.90 bits per heavy atom. The van der Waals surface area contributed by atoms with Crippen molar-refractivity contribution in [3.63, 3.8) is 0 Å². The Balaban J connectivity index is 1.49. The van der Waals surface area contributed by atoms with Gasteiger partial charge in [-0.1, -0.05) is 12.1 Å². The van der Waals surface area contributed by atoms with Gasteiger partial charge >= 0.3 is 0 Å². The molecular weight excluding hydrogens is 280 g/mol. The zero-order valence-corrected chi connectivity index (χ0v) is 13.5. The van der Waals surface area contributed by atoms with Crippen molar-refractivity contribution < 1.29 is 4.79 Å². The van der Waals surface area contributed by atoms with Gasteiger partial charge in [0.1, 0.15) is 0 Å². The first-order valence-electron chi connectivity index (χ1n) is 7.75. The Hall–Kier alpha value is -1.42. The van der Waals surface area contributed by atoms with Crippen LogP contribution in [0.15, 0.2) is 24.3 Å². The van der Waals surface area contributed by atoms with Crippen LogP contribution in [0.1, 0.15) is 37.6 Å². The molecule has 1 unspecified atom stereocenters. The number of carbonyl (C=O) groups is 1. The van der Waals surface area contributed by atoms with Crippen molar-refractivity contribution in [2.45, 2.75) is 45.1 Å². The van der Waals surface area contributed by atoms with Crippen molar-refractivity contribution in [3.8, 4) is 0 Å². The molecule has 1 heterocycles. The number of fused-ring (bicyclic) bond motifs is 1. The van der Waals surface area contributed by atoms with Crippen molar-refractivity contribution in [2.75, 3.05) is 7.05 Å². The van der Waals surface area contributed by atoms with Crippen LogP contribution in [0.4, 0.5) is 0 Å². The van der Waals surface area contributed by atoms with E-state index in [1.807, 2.05) is 30.1 Å². The van der Waals surface area contributed by atoms with Crippen LogP contribution in [-0.2, 0) is 11.2 Å². The highest BCUT2D eigenvalue weighted by atomic mass is 32.1. The van der Waals surface area contributed by atoms with Crippen LogP contribution in [0.2, 0.25) is 0 Å². The van der Waals surface area contributed by atoms with E-state index in [1.165, 1.54) is 17.5 Å². The second kappa shape index (κ2) is 6.14. The summed E-state index contributed by atoms with van der Waals surface area (Å²) in [6.45, 7) is 2.17. The van der Waals surface area contributed by atoms with Gasteiger partial charge in [0.15, 0.2) is 0 Å². The number of thiazole rings is 1. The Labute approximate surface area is 130 Å². The Bertz CT molecular complexity index is 600. The number of aromatic nitrogens is 1. The summed E-state index contributed by atoms with van der Waals surface area (Å²) in [5, 5.41) is 1.14. The average Bonchev–Trinajstić information content (AvgIpc) is 3.25. The van der Waals surface area contributed by atoms with Gasteiger partial charge in [-0.3, -0.25) is 4.79 Å². The predicted molar refractivity (Wildman–Crippen MR) is 87.5 cm³/mol. The van der Waals surface area contributed by atoms with Crippen molar-refractivity contribution in [1.29, 1.82) is 0 Å². The fourth-order valence-corrected chi connectivity index (χ4v) is 3.73. The molecule has 0 saturated heterocycles. The number of hydrogen-bond donors (Lipinski definition) is 0. The molecule has 4 heteroatoms. The summed E-state index contributed by atoms with van der Waals surface area (Å²) in [6, 6.07) is 8.61. The molecular formula is C17H22N2OS. The predicted octanol–water partition coefficient (Wildman–Crippen LogP) is 3.88. The van der Waals surface area contributed by atoms with Gasteiger partial charge in [0.2, 0.25) is 5.91 Å². The summed E-state index contributed by atoms with van der Waals surface area (Å²) in [4.78, 5) is 18.7. The van der Waals surface area contributed by atoms with Gasteiger partial charge in [-0.25, -0.2) is 4.98 Å². The Morgan fingerprint density at radius 2 is 2.19 bits per heavy atom. The normalized spacial score (nSPS) is 16.1.